The number of anilines is 1. The largest absolute Gasteiger partial charge is 0.348 e. The van der Waals surface area contributed by atoms with E-state index in [1.54, 1.807) is 12.3 Å². The molecular formula is C24H28N4O2. The Morgan fingerprint density at radius 2 is 1.67 bits per heavy atom. The minimum Gasteiger partial charge on any atom is -0.348 e. The molecule has 3 fully saturated rings. The first-order chi connectivity index (χ1) is 14.6. The topological polar surface area (TPSA) is 83.1 Å². The van der Waals surface area contributed by atoms with E-state index in [0.29, 0.717) is 23.4 Å². The van der Waals surface area contributed by atoms with Crippen LogP contribution >= 0.6 is 0 Å². The number of urea groups is 1. The molecule has 6 heteroatoms. The van der Waals surface area contributed by atoms with Crippen molar-refractivity contribution in [1.82, 2.24) is 15.6 Å². The quantitative estimate of drug-likeness (QED) is 0.721. The van der Waals surface area contributed by atoms with Crippen LogP contribution in [0.3, 0.4) is 0 Å². The number of hydrogen-bond acceptors (Lipinski definition) is 3. The summed E-state index contributed by atoms with van der Waals surface area (Å²) >= 11 is 0. The van der Waals surface area contributed by atoms with E-state index >= 15 is 0 Å². The van der Waals surface area contributed by atoms with Crippen LogP contribution in [0.4, 0.5) is 10.5 Å². The van der Waals surface area contributed by atoms with Gasteiger partial charge < -0.3 is 16.0 Å². The third kappa shape index (κ3) is 3.91. The zero-order valence-corrected chi connectivity index (χ0v) is 17.0. The van der Waals surface area contributed by atoms with Crippen molar-refractivity contribution in [3.8, 4) is 0 Å². The number of nitrogens with one attached hydrogen (secondary N) is 3. The van der Waals surface area contributed by atoms with E-state index in [9.17, 15) is 9.59 Å². The molecular weight excluding hydrogens is 376 g/mol. The van der Waals surface area contributed by atoms with Gasteiger partial charge >= 0.3 is 6.03 Å². The van der Waals surface area contributed by atoms with Gasteiger partial charge in [0.05, 0.1) is 0 Å². The van der Waals surface area contributed by atoms with Crippen LogP contribution in [0.2, 0.25) is 0 Å². The smallest absolute Gasteiger partial charge is 0.319 e. The average molecular weight is 405 g/mol. The minimum absolute atomic E-state index is 0.0806. The fourth-order valence-electron chi connectivity index (χ4n) is 6.20. The molecule has 2 aromatic rings. The van der Waals surface area contributed by atoms with E-state index in [-0.39, 0.29) is 23.5 Å². The molecule has 0 aliphatic heterocycles. The summed E-state index contributed by atoms with van der Waals surface area (Å²) in [6, 6.07) is 15.1. The number of pyridine rings is 1. The minimum atomic E-state index is -0.109. The average Bonchev–Trinajstić information content (AvgIpc) is 2.90. The SMILES string of the molecule is O=C(Nc1ccccc1)NC12CC3CC(NC(=O)c4ccccn4)CC(C1)C(C3)C2. The fourth-order valence-corrected chi connectivity index (χ4v) is 6.20. The number of hydrogen-bond donors (Lipinski definition) is 3. The third-order valence-corrected chi connectivity index (χ3v) is 7.14. The monoisotopic (exact) mass is 404 g/mol. The van der Waals surface area contributed by atoms with E-state index in [1.807, 2.05) is 42.5 Å². The van der Waals surface area contributed by atoms with Gasteiger partial charge in [-0.25, -0.2) is 4.79 Å². The van der Waals surface area contributed by atoms with Crippen molar-refractivity contribution < 1.29 is 9.59 Å². The summed E-state index contributed by atoms with van der Waals surface area (Å²) in [5, 5.41) is 9.53. The van der Waals surface area contributed by atoms with Gasteiger partial charge in [0.2, 0.25) is 0 Å². The second-order valence-electron chi connectivity index (χ2n) is 9.32. The first kappa shape index (κ1) is 19.1. The Balaban J connectivity index is 1.23. The van der Waals surface area contributed by atoms with Gasteiger partial charge in [-0.05, 0) is 80.5 Å². The maximum atomic E-state index is 12.7. The highest BCUT2D eigenvalue weighted by Gasteiger charge is 2.53. The molecule has 5 unspecified atom stereocenters. The Morgan fingerprint density at radius 3 is 2.43 bits per heavy atom. The number of nitrogens with zero attached hydrogens (tertiary/aromatic N) is 1. The predicted octanol–water partition coefficient (Wildman–Crippen LogP) is 3.97. The predicted molar refractivity (Wildman–Crippen MR) is 115 cm³/mol. The molecule has 3 aliphatic rings. The summed E-state index contributed by atoms with van der Waals surface area (Å²) in [4.78, 5) is 29.4. The van der Waals surface area contributed by atoms with Crippen LogP contribution in [-0.2, 0) is 0 Å². The zero-order chi connectivity index (χ0) is 20.6. The molecule has 3 saturated carbocycles. The number of para-hydroxylation sites is 1. The van der Waals surface area contributed by atoms with Crippen molar-refractivity contribution in [2.45, 2.75) is 50.1 Å². The second-order valence-corrected chi connectivity index (χ2v) is 9.32. The molecule has 0 saturated heterocycles. The second kappa shape index (κ2) is 7.74. The first-order valence-corrected chi connectivity index (χ1v) is 10.9. The Kier molecular flexibility index (Phi) is 4.93. The zero-order valence-electron chi connectivity index (χ0n) is 17.0. The van der Waals surface area contributed by atoms with Gasteiger partial charge in [0, 0.05) is 23.5 Å². The molecule has 5 atom stereocenters. The molecule has 30 heavy (non-hydrogen) atoms. The highest BCUT2D eigenvalue weighted by atomic mass is 16.2. The van der Waals surface area contributed by atoms with Crippen LogP contribution in [0.25, 0.3) is 0 Å². The van der Waals surface area contributed by atoms with Gasteiger partial charge in [0.1, 0.15) is 5.69 Å². The molecule has 3 aliphatic carbocycles. The van der Waals surface area contributed by atoms with Crippen molar-refractivity contribution in [2.75, 3.05) is 5.32 Å². The van der Waals surface area contributed by atoms with Crippen molar-refractivity contribution in [3.05, 3.63) is 60.4 Å². The number of carbonyl (C=O) groups is 2. The van der Waals surface area contributed by atoms with E-state index in [2.05, 4.69) is 20.9 Å². The maximum absolute atomic E-state index is 12.7. The molecule has 3 amide bonds. The normalized spacial score (nSPS) is 31.6. The summed E-state index contributed by atoms with van der Waals surface area (Å²) in [6.07, 6.45) is 7.90. The molecule has 1 aromatic carbocycles. The molecule has 1 aromatic heterocycles. The molecule has 156 valence electrons. The van der Waals surface area contributed by atoms with Crippen LogP contribution in [0, 0.1) is 17.8 Å². The molecule has 3 bridgehead atoms. The summed E-state index contributed by atoms with van der Waals surface area (Å²) in [7, 11) is 0. The number of amides is 3. The maximum Gasteiger partial charge on any atom is 0.319 e. The van der Waals surface area contributed by atoms with Crippen LogP contribution in [0.15, 0.2) is 54.7 Å². The van der Waals surface area contributed by atoms with E-state index in [0.717, 1.165) is 37.8 Å². The van der Waals surface area contributed by atoms with Crippen molar-refractivity contribution in [1.29, 1.82) is 0 Å². The highest BCUT2D eigenvalue weighted by Crippen LogP contribution is 2.55. The lowest BCUT2D eigenvalue weighted by Crippen LogP contribution is -2.52. The van der Waals surface area contributed by atoms with Gasteiger partial charge in [0.15, 0.2) is 0 Å². The fraction of sp³-hybridized carbons (Fsp3) is 0.458. The third-order valence-electron chi connectivity index (χ3n) is 7.14. The van der Waals surface area contributed by atoms with Gasteiger partial charge in [-0.1, -0.05) is 24.3 Å². The van der Waals surface area contributed by atoms with Gasteiger partial charge in [-0.3, -0.25) is 9.78 Å². The lowest BCUT2D eigenvalue weighted by atomic mass is 9.74. The molecule has 3 N–H and O–H groups in total. The molecule has 0 radical (unpaired) electrons. The lowest BCUT2D eigenvalue weighted by molar-refractivity contribution is 0.0915. The van der Waals surface area contributed by atoms with Crippen molar-refractivity contribution in [2.24, 2.45) is 17.8 Å². The molecule has 1 heterocycles. The summed E-state index contributed by atoms with van der Waals surface area (Å²) < 4.78 is 0. The Bertz CT molecular complexity index is 915. The molecule has 0 spiro atoms. The number of benzene rings is 1. The van der Waals surface area contributed by atoms with Gasteiger partial charge in [-0.15, -0.1) is 0 Å². The van der Waals surface area contributed by atoms with Crippen LogP contribution < -0.4 is 16.0 Å². The standard InChI is InChI=1S/C24H28N4O2/c29-22(21-8-4-5-9-25-21)26-20-11-16-10-17-14-24(13-16,15-18(17)12-20)28-23(30)27-19-6-2-1-3-7-19/h1-9,16-18,20H,10-15H2,(H,26,29)(H2,27,28,30). The molecule has 5 rings (SSSR count). The number of rotatable bonds is 4. The van der Waals surface area contributed by atoms with E-state index < -0.39 is 0 Å². The lowest BCUT2D eigenvalue weighted by Gasteiger charge is -2.39. The Hall–Kier alpha value is -2.89. The van der Waals surface area contributed by atoms with Crippen LogP contribution in [0.5, 0.6) is 0 Å². The van der Waals surface area contributed by atoms with E-state index in [1.165, 1.54) is 6.42 Å². The van der Waals surface area contributed by atoms with Crippen molar-refractivity contribution >= 4 is 17.6 Å². The summed E-state index contributed by atoms with van der Waals surface area (Å²) in [6.45, 7) is 0. The van der Waals surface area contributed by atoms with Crippen LogP contribution in [0.1, 0.15) is 49.0 Å². The van der Waals surface area contributed by atoms with Crippen LogP contribution in [-0.4, -0.2) is 28.5 Å². The highest BCUT2D eigenvalue weighted by molar-refractivity contribution is 5.92. The van der Waals surface area contributed by atoms with Gasteiger partial charge in [-0.2, -0.15) is 0 Å². The molecule has 6 nitrogen and oxygen atoms in total. The Morgan fingerprint density at radius 1 is 0.900 bits per heavy atom. The van der Waals surface area contributed by atoms with Gasteiger partial charge in [0.25, 0.3) is 5.91 Å². The first-order valence-electron chi connectivity index (χ1n) is 10.9. The number of fused-ring (bicyclic) bond motifs is 2. The number of aromatic nitrogens is 1. The summed E-state index contributed by atoms with van der Waals surface area (Å²) in [5.41, 5.74) is 1.19. The Labute approximate surface area is 176 Å². The van der Waals surface area contributed by atoms with E-state index in [4.69, 9.17) is 0 Å². The van der Waals surface area contributed by atoms with Crippen molar-refractivity contribution in [3.63, 3.8) is 0 Å². The summed E-state index contributed by atoms with van der Waals surface area (Å²) in [5.74, 6) is 1.63. The number of carbonyl (C=O) groups excluding carboxylic acids is 2.